The SMILES string of the molecule is CCOc1cc(C(N)CO)cc(Br)c1O. The molecule has 4 nitrogen and oxygen atoms in total. The molecular formula is C10H14BrNO3. The lowest BCUT2D eigenvalue weighted by Gasteiger charge is -2.13. The third-order valence-electron chi connectivity index (χ3n) is 1.98. The van der Waals surface area contributed by atoms with Gasteiger partial charge in [0.15, 0.2) is 11.5 Å². The van der Waals surface area contributed by atoms with E-state index in [0.29, 0.717) is 22.4 Å². The van der Waals surface area contributed by atoms with Gasteiger partial charge in [-0.25, -0.2) is 0 Å². The van der Waals surface area contributed by atoms with Gasteiger partial charge in [-0.3, -0.25) is 0 Å². The topological polar surface area (TPSA) is 75.7 Å². The Morgan fingerprint density at radius 3 is 2.73 bits per heavy atom. The minimum atomic E-state index is -0.471. The number of aliphatic hydroxyl groups is 1. The summed E-state index contributed by atoms with van der Waals surface area (Å²) in [5.74, 6) is 0.413. The molecule has 0 aliphatic rings. The molecule has 0 aliphatic heterocycles. The second-order valence-corrected chi connectivity index (χ2v) is 3.93. The molecule has 0 amide bonds. The molecule has 1 aromatic carbocycles. The lowest BCUT2D eigenvalue weighted by molar-refractivity contribution is 0.267. The summed E-state index contributed by atoms with van der Waals surface area (Å²) in [6.45, 7) is 2.13. The summed E-state index contributed by atoms with van der Waals surface area (Å²) in [7, 11) is 0. The monoisotopic (exact) mass is 275 g/mol. The molecule has 0 fully saturated rings. The summed E-state index contributed by atoms with van der Waals surface area (Å²) in [6.07, 6.45) is 0. The molecule has 4 N–H and O–H groups in total. The van der Waals surface area contributed by atoms with Crippen LogP contribution in [-0.4, -0.2) is 23.4 Å². The van der Waals surface area contributed by atoms with Gasteiger partial charge in [-0.05, 0) is 40.5 Å². The van der Waals surface area contributed by atoms with Gasteiger partial charge in [-0.2, -0.15) is 0 Å². The zero-order chi connectivity index (χ0) is 11.4. The van der Waals surface area contributed by atoms with Crippen molar-refractivity contribution in [2.75, 3.05) is 13.2 Å². The maximum atomic E-state index is 9.63. The molecule has 0 aliphatic carbocycles. The fourth-order valence-electron chi connectivity index (χ4n) is 1.18. The van der Waals surface area contributed by atoms with Crippen LogP contribution in [0.5, 0.6) is 11.5 Å². The second kappa shape index (κ2) is 5.34. The predicted molar refractivity (Wildman–Crippen MR) is 61.0 cm³/mol. The van der Waals surface area contributed by atoms with Crippen molar-refractivity contribution in [2.24, 2.45) is 5.73 Å². The Kier molecular flexibility index (Phi) is 4.38. The largest absolute Gasteiger partial charge is 0.503 e. The number of phenols is 1. The molecule has 15 heavy (non-hydrogen) atoms. The predicted octanol–water partition coefficient (Wildman–Crippen LogP) is 1.55. The van der Waals surface area contributed by atoms with E-state index < -0.39 is 6.04 Å². The molecule has 5 heteroatoms. The number of hydrogen-bond acceptors (Lipinski definition) is 4. The molecule has 1 atom stereocenters. The number of halogens is 1. The smallest absolute Gasteiger partial charge is 0.172 e. The number of rotatable bonds is 4. The summed E-state index contributed by atoms with van der Waals surface area (Å²) in [4.78, 5) is 0. The molecule has 0 bridgehead atoms. The Morgan fingerprint density at radius 1 is 1.53 bits per heavy atom. The van der Waals surface area contributed by atoms with E-state index in [-0.39, 0.29) is 12.4 Å². The number of benzene rings is 1. The summed E-state index contributed by atoms with van der Waals surface area (Å²) >= 11 is 3.20. The average molecular weight is 276 g/mol. The highest BCUT2D eigenvalue weighted by atomic mass is 79.9. The maximum Gasteiger partial charge on any atom is 0.172 e. The van der Waals surface area contributed by atoms with Gasteiger partial charge in [-0.15, -0.1) is 0 Å². The second-order valence-electron chi connectivity index (χ2n) is 3.07. The van der Waals surface area contributed by atoms with Crippen molar-refractivity contribution in [1.82, 2.24) is 0 Å². The van der Waals surface area contributed by atoms with Gasteiger partial charge in [-0.1, -0.05) is 0 Å². The Hall–Kier alpha value is -0.780. The minimum absolute atomic E-state index is 0.0470. The number of nitrogens with two attached hydrogens (primary N) is 1. The first kappa shape index (κ1) is 12.3. The van der Waals surface area contributed by atoms with E-state index in [2.05, 4.69) is 15.9 Å². The molecule has 84 valence electrons. The van der Waals surface area contributed by atoms with Crippen molar-refractivity contribution < 1.29 is 14.9 Å². The zero-order valence-corrected chi connectivity index (χ0v) is 9.99. The first-order valence-corrected chi connectivity index (χ1v) is 5.41. The number of aromatic hydroxyl groups is 1. The highest BCUT2D eigenvalue weighted by molar-refractivity contribution is 9.10. The van der Waals surface area contributed by atoms with Crippen molar-refractivity contribution in [3.63, 3.8) is 0 Å². The van der Waals surface area contributed by atoms with E-state index in [1.165, 1.54) is 0 Å². The van der Waals surface area contributed by atoms with E-state index in [9.17, 15) is 5.11 Å². The lowest BCUT2D eigenvalue weighted by atomic mass is 10.1. The van der Waals surface area contributed by atoms with Crippen LogP contribution >= 0.6 is 15.9 Å². The molecule has 1 unspecified atom stereocenters. The summed E-state index contributed by atoms with van der Waals surface area (Å²) in [6, 6.07) is 2.82. The molecule has 0 aromatic heterocycles. The van der Waals surface area contributed by atoms with Crippen LogP contribution in [0.15, 0.2) is 16.6 Å². The van der Waals surface area contributed by atoms with Gasteiger partial charge in [0.05, 0.1) is 23.7 Å². The van der Waals surface area contributed by atoms with Crippen LogP contribution in [0.4, 0.5) is 0 Å². The molecule has 0 heterocycles. The van der Waals surface area contributed by atoms with Crippen LogP contribution in [0.2, 0.25) is 0 Å². The first-order valence-electron chi connectivity index (χ1n) is 4.61. The van der Waals surface area contributed by atoms with Crippen molar-refractivity contribution in [1.29, 1.82) is 0 Å². The molecule has 0 radical (unpaired) electrons. The highest BCUT2D eigenvalue weighted by Gasteiger charge is 2.12. The standard InChI is InChI=1S/C10H14BrNO3/c1-2-15-9-4-6(8(12)5-13)3-7(11)10(9)14/h3-4,8,13-14H,2,5,12H2,1H3. The summed E-state index contributed by atoms with van der Waals surface area (Å²) in [5.41, 5.74) is 6.38. The third-order valence-corrected chi connectivity index (χ3v) is 2.58. The Morgan fingerprint density at radius 2 is 2.20 bits per heavy atom. The Labute approximate surface area is 96.8 Å². The van der Waals surface area contributed by atoms with Crippen molar-refractivity contribution in [2.45, 2.75) is 13.0 Å². The highest BCUT2D eigenvalue weighted by Crippen LogP contribution is 2.36. The number of hydrogen-bond donors (Lipinski definition) is 3. The number of ether oxygens (including phenoxy) is 1. The quantitative estimate of drug-likeness (QED) is 0.779. The van der Waals surface area contributed by atoms with Crippen molar-refractivity contribution in [3.05, 3.63) is 22.2 Å². The van der Waals surface area contributed by atoms with Crippen LogP contribution in [-0.2, 0) is 0 Å². The molecule has 0 saturated carbocycles. The summed E-state index contributed by atoms with van der Waals surface area (Å²) in [5, 5.41) is 18.6. The van der Waals surface area contributed by atoms with Crippen molar-refractivity contribution in [3.8, 4) is 11.5 Å². The zero-order valence-electron chi connectivity index (χ0n) is 8.40. The third kappa shape index (κ3) is 2.84. The maximum absolute atomic E-state index is 9.63. The van der Waals surface area contributed by atoms with Gasteiger partial charge in [0.1, 0.15) is 0 Å². The van der Waals surface area contributed by atoms with Gasteiger partial charge in [0, 0.05) is 0 Å². The van der Waals surface area contributed by atoms with Crippen molar-refractivity contribution >= 4 is 15.9 Å². The first-order chi connectivity index (χ1) is 7.10. The molecule has 0 saturated heterocycles. The molecular weight excluding hydrogens is 262 g/mol. The van der Waals surface area contributed by atoms with Gasteiger partial charge in [0.2, 0.25) is 0 Å². The van der Waals surface area contributed by atoms with Crippen LogP contribution in [0, 0.1) is 0 Å². The van der Waals surface area contributed by atoms with Crippen LogP contribution in [0.3, 0.4) is 0 Å². The normalized spacial score (nSPS) is 12.5. The molecule has 1 aromatic rings. The lowest BCUT2D eigenvalue weighted by Crippen LogP contribution is -2.14. The number of phenolic OH excluding ortho intramolecular Hbond substituents is 1. The fraction of sp³-hybridized carbons (Fsp3) is 0.400. The van der Waals surface area contributed by atoms with Gasteiger partial charge in [0.25, 0.3) is 0 Å². The van der Waals surface area contributed by atoms with E-state index in [4.69, 9.17) is 15.6 Å². The molecule has 0 spiro atoms. The van der Waals surface area contributed by atoms with Crippen LogP contribution in [0.1, 0.15) is 18.5 Å². The van der Waals surface area contributed by atoms with E-state index in [0.717, 1.165) is 0 Å². The fourth-order valence-corrected chi connectivity index (χ4v) is 1.64. The minimum Gasteiger partial charge on any atom is -0.503 e. The van der Waals surface area contributed by atoms with Crippen LogP contribution in [0.25, 0.3) is 0 Å². The van der Waals surface area contributed by atoms with Crippen LogP contribution < -0.4 is 10.5 Å². The summed E-state index contributed by atoms with van der Waals surface area (Å²) < 4.78 is 5.74. The Balaban J connectivity index is 3.11. The van der Waals surface area contributed by atoms with Gasteiger partial charge < -0.3 is 20.7 Å². The van der Waals surface area contributed by atoms with E-state index in [1.54, 1.807) is 12.1 Å². The Bertz CT molecular complexity index is 344. The van der Waals surface area contributed by atoms with Gasteiger partial charge >= 0.3 is 0 Å². The average Bonchev–Trinajstić information content (AvgIpc) is 2.23. The van der Waals surface area contributed by atoms with E-state index in [1.807, 2.05) is 6.92 Å². The van der Waals surface area contributed by atoms with E-state index >= 15 is 0 Å². The molecule has 1 rings (SSSR count). The number of aliphatic hydroxyl groups excluding tert-OH is 1.